The third-order valence-corrected chi connectivity index (χ3v) is 2.11. The molecule has 0 saturated heterocycles. The van der Waals surface area contributed by atoms with Gasteiger partial charge in [0, 0.05) is 5.92 Å². The van der Waals surface area contributed by atoms with E-state index in [1.54, 1.807) is 6.92 Å². The Morgan fingerprint density at radius 3 is 2.38 bits per heavy atom. The van der Waals surface area contributed by atoms with Gasteiger partial charge in [-0.05, 0) is 46.0 Å². The highest BCUT2D eigenvalue weighted by molar-refractivity contribution is 5.95. The van der Waals surface area contributed by atoms with E-state index in [0.717, 1.165) is 19.4 Å². The first-order valence-electron chi connectivity index (χ1n) is 4.79. The number of allylic oxidation sites excluding steroid dienone is 1. The maximum Gasteiger partial charge on any atom is 0.160 e. The summed E-state index contributed by atoms with van der Waals surface area (Å²) in [6.07, 6.45) is 2.04. The molecule has 0 aromatic rings. The highest BCUT2D eigenvalue weighted by Gasteiger charge is 2.12. The van der Waals surface area contributed by atoms with Crippen LogP contribution in [-0.4, -0.2) is 31.3 Å². The molecule has 2 heteroatoms. The van der Waals surface area contributed by atoms with Crippen molar-refractivity contribution in [3.05, 3.63) is 12.2 Å². The highest BCUT2D eigenvalue weighted by Crippen LogP contribution is 2.11. The summed E-state index contributed by atoms with van der Waals surface area (Å²) in [5, 5.41) is 0. The SMILES string of the molecule is C=C(C)C(=O)C(C)CCCN(C)C. The summed E-state index contributed by atoms with van der Waals surface area (Å²) in [5.74, 6) is 0.344. The van der Waals surface area contributed by atoms with Crippen LogP contribution in [0.2, 0.25) is 0 Å². The van der Waals surface area contributed by atoms with Crippen LogP contribution in [0.3, 0.4) is 0 Å². The summed E-state index contributed by atoms with van der Waals surface area (Å²) in [5.41, 5.74) is 0.678. The van der Waals surface area contributed by atoms with Gasteiger partial charge in [-0.3, -0.25) is 4.79 Å². The summed E-state index contributed by atoms with van der Waals surface area (Å²) in [4.78, 5) is 13.5. The number of nitrogens with zero attached hydrogens (tertiary/aromatic N) is 1. The van der Waals surface area contributed by atoms with Crippen molar-refractivity contribution < 1.29 is 4.79 Å². The van der Waals surface area contributed by atoms with Gasteiger partial charge in [0.05, 0.1) is 0 Å². The Morgan fingerprint density at radius 1 is 1.46 bits per heavy atom. The van der Waals surface area contributed by atoms with Crippen LogP contribution in [0, 0.1) is 5.92 Å². The molecule has 0 heterocycles. The van der Waals surface area contributed by atoms with Crippen LogP contribution in [0.4, 0.5) is 0 Å². The van der Waals surface area contributed by atoms with E-state index >= 15 is 0 Å². The summed E-state index contributed by atoms with van der Waals surface area (Å²) < 4.78 is 0. The number of hydrogen-bond donors (Lipinski definition) is 0. The zero-order chi connectivity index (χ0) is 10.4. The molecule has 0 N–H and O–H groups in total. The molecule has 0 aromatic carbocycles. The molecular formula is C11H21NO. The maximum atomic E-state index is 11.4. The molecule has 0 saturated carbocycles. The predicted octanol–water partition coefficient (Wildman–Crippen LogP) is 2.11. The molecule has 0 amide bonds. The van der Waals surface area contributed by atoms with Crippen molar-refractivity contribution in [2.24, 2.45) is 5.92 Å². The van der Waals surface area contributed by atoms with Gasteiger partial charge in [0.15, 0.2) is 5.78 Å². The second-order valence-electron chi connectivity index (χ2n) is 3.99. The summed E-state index contributed by atoms with van der Waals surface area (Å²) >= 11 is 0. The molecule has 0 radical (unpaired) electrons. The smallest absolute Gasteiger partial charge is 0.160 e. The van der Waals surface area contributed by atoms with E-state index in [0.29, 0.717) is 5.57 Å². The molecule has 0 bridgehead atoms. The molecule has 1 atom stereocenters. The number of Topliss-reactive ketones (excluding diaryl/α,β-unsaturated/α-hetero) is 1. The van der Waals surface area contributed by atoms with Crippen molar-refractivity contribution in [3.8, 4) is 0 Å². The third kappa shape index (κ3) is 5.58. The van der Waals surface area contributed by atoms with Crippen molar-refractivity contribution in [3.63, 3.8) is 0 Å². The minimum Gasteiger partial charge on any atom is -0.309 e. The first-order chi connectivity index (χ1) is 5.95. The van der Waals surface area contributed by atoms with Gasteiger partial charge in [0.2, 0.25) is 0 Å². The molecule has 2 nitrogen and oxygen atoms in total. The van der Waals surface area contributed by atoms with Gasteiger partial charge in [0.25, 0.3) is 0 Å². The fourth-order valence-corrected chi connectivity index (χ4v) is 1.27. The van der Waals surface area contributed by atoms with Crippen LogP contribution in [0.25, 0.3) is 0 Å². The molecule has 0 aliphatic rings. The van der Waals surface area contributed by atoms with E-state index in [4.69, 9.17) is 0 Å². The van der Waals surface area contributed by atoms with Crippen LogP contribution < -0.4 is 0 Å². The second kappa shape index (κ2) is 5.92. The fourth-order valence-electron chi connectivity index (χ4n) is 1.27. The molecule has 76 valence electrons. The average Bonchev–Trinajstić information content (AvgIpc) is 2.02. The third-order valence-electron chi connectivity index (χ3n) is 2.11. The quantitative estimate of drug-likeness (QED) is 0.588. The number of hydrogen-bond acceptors (Lipinski definition) is 2. The Hall–Kier alpha value is -0.630. The Bertz CT molecular complexity index is 185. The van der Waals surface area contributed by atoms with Crippen LogP contribution in [-0.2, 0) is 4.79 Å². The molecular weight excluding hydrogens is 162 g/mol. The van der Waals surface area contributed by atoms with E-state index < -0.39 is 0 Å². The normalized spacial score (nSPS) is 13.0. The highest BCUT2D eigenvalue weighted by atomic mass is 16.1. The van der Waals surface area contributed by atoms with E-state index in [9.17, 15) is 4.79 Å². The lowest BCUT2D eigenvalue weighted by atomic mass is 9.96. The van der Waals surface area contributed by atoms with Gasteiger partial charge in [-0.25, -0.2) is 0 Å². The van der Waals surface area contributed by atoms with E-state index in [2.05, 4.69) is 11.5 Å². The minimum atomic E-state index is 0.137. The van der Waals surface area contributed by atoms with Gasteiger partial charge >= 0.3 is 0 Å². The minimum absolute atomic E-state index is 0.137. The van der Waals surface area contributed by atoms with Crippen LogP contribution in [0.15, 0.2) is 12.2 Å². The monoisotopic (exact) mass is 183 g/mol. The topological polar surface area (TPSA) is 20.3 Å². The van der Waals surface area contributed by atoms with E-state index in [1.807, 2.05) is 21.0 Å². The number of rotatable bonds is 6. The maximum absolute atomic E-state index is 11.4. The van der Waals surface area contributed by atoms with Crippen molar-refractivity contribution in [2.45, 2.75) is 26.7 Å². The zero-order valence-corrected chi connectivity index (χ0v) is 9.26. The van der Waals surface area contributed by atoms with E-state index in [-0.39, 0.29) is 11.7 Å². The van der Waals surface area contributed by atoms with Gasteiger partial charge in [0.1, 0.15) is 0 Å². The Kier molecular flexibility index (Phi) is 5.63. The molecule has 0 aliphatic carbocycles. The van der Waals surface area contributed by atoms with Crippen molar-refractivity contribution in [1.29, 1.82) is 0 Å². The first kappa shape index (κ1) is 12.4. The Balaban J connectivity index is 3.68. The molecule has 13 heavy (non-hydrogen) atoms. The standard InChI is InChI=1S/C11H21NO/c1-9(2)11(13)10(3)7-6-8-12(4)5/h10H,1,6-8H2,2-5H3. The van der Waals surface area contributed by atoms with Gasteiger partial charge < -0.3 is 4.90 Å². The number of ketones is 1. The van der Waals surface area contributed by atoms with Crippen LogP contribution >= 0.6 is 0 Å². The second-order valence-corrected chi connectivity index (χ2v) is 3.99. The van der Waals surface area contributed by atoms with Crippen molar-refractivity contribution in [2.75, 3.05) is 20.6 Å². The Morgan fingerprint density at radius 2 is 2.00 bits per heavy atom. The van der Waals surface area contributed by atoms with Gasteiger partial charge in [-0.2, -0.15) is 0 Å². The zero-order valence-electron chi connectivity index (χ0n) is 9.26. The van der Waals surface area contributed by atoms with Crippen molar-refractivity contribution >= 4 is 5.78 Å². The van der Waals surface area contributed by atoms with Gasteiger partial charge in [-0.15, -0.1) is 0 Å². The fraction of sp³-hybridized carbons (Fsp3) is 0.727. The molecule has 0 fully saturated rings. The van der Waals surface area contributed by atoms with Crippen LogP contribution in [0.5, 0.6) is 0 Å². The largest absolute Gasteiger partial charge is 0.309 e. The molecule has 0 aromatic heterocycles. The lowest BCUT2D eigenvalue weighted by molar-refractivity contribution is -0.118. The molecule has 0 aliphatic heterocycles. The lowest BCUT2D eigenvalue weighted by Crippen LogP contribution is -2.16. The molecule has 1 unspecified atom stereocenters. The Labute approximate surface area is 81.6 Å². The van der Waals surface area contributed by atoms with Crippen molar-refractivity contribution in [1.82, 2.24) is 4.90 Å². The summed E-state index contributed by atoms with van der Waals surface area (Å²) in [7, 11) is 4.09. The number of carbonyl (C=O) groups is 1. The predicted molar refractivity (Wildman–Crippen MR) is 56.8 cm³/mol. The molecule has 0 rings (SSSR count). The van der Waals surface area contributed by atoms with Crippen LogP contribution in [0.1, 0.15) is 26.7 Å². The number of carbonyl (C=O) groups excluding carboxylic acids is 1. The van der Waals surface area contributed by atoms with E-state index in [1.165, 1.54) is 0 Å². The first-order valence-corrected chi connectivity index (χ1v) is 4.79. The lowest BCUT2D eigenvalue weighted by Gasteiger charge is -2.12. The van der Waals surface area contributed by atoms with Gasteiger partial charge in [-0.1, -0.05) is 13.5 Å². The average molecular weight is 183 g/mol. The molecule has 0 spiro atoms. The summed E-state index contributed by atoms with van der Waals surface area (Å²) in [6, 6.07) is 0. The summed E-state index contributed by atoms with van der Waals surface area (Å²) in [6.45, 7) is 8.47.